The Balaban J connectivity index is 2.32. The molecule has 0 aliphatic rings. The lowest BCUT2D eigenvalue weighted by Crippen LogP contribution is -1.95. The SMILES string of the molecule is Cc1ccc(C)c(-c2nc3cc(C)c(Br)cn3c2N)c1. The first-order chi connectivity index (χ1) is 9.47. The number of halogens is 1. The van der Waals surface area contributed by atoms with Gasteiger partial charge in [0.2, 0.25) is 0 Å². The van der Waals surface area contributed by atoms with Crippen molar-refractivity contribution in [2.75, 3.05) is 5.73 Å². The van der Waals surface area contributed by atoms with E-state index < -0.39 is 0 Å². The molecule has 4 heteroatoms. The summed E-state index contributed by atoms with van der Waals surface area (Å²) in [5.74, 6) is 0.675. The van der Waals surface area contributed by atoms with E-state index in [4.69, 9.17) is 10.7 Å². The zero-order valence-corrected chi connectivity index (χ0v) is 13.3. The summed E-state index contributed by atoms with van der Waals surface area (Å²) >= 11 is 3.54. The van der Waals surface area contributed by atoms with E-state index in [1.165, 1.54) is 11.1 Å². The Bertz CT molecular complexity index is 818. The molecule has 0 saturated heterocycles. The number of nitrogens with zero attached hydrogens (tertiary/aromatic N) is 2. The van der Waals surface area contributed by atoms with E-state index in [9.17, 15) is 0 Å². The molecular formula is C16H16BrN3. The van der Waals surface area contributed by atoms with Gasteiger partial charge in [-0.15, -0.1) is 0 Å². The van der Waals surface area contributed by atoms with Crippen LogP contribution in [0.4, 0.5) is 5.82 Å². The van der Waals surface area contributed by atoms with Gasteiger partial charge in [0.25, 0.3) is 0 Å². The van der Waals surface area contributed by atoms with E-state index in [0.29, 0.717) is 5.82 Å². The number of benzene rings is 1. The first-order valence-electron chi connectivity index (χ1n) is 6.48. The highest BCUT2D eigenvalue weighted by atomic mass is 79.9. The number of anilines is 1. The minimum atomic E-state index is 0.675. The summed E-state index contributed by atoms with van der Waals surface area (Å²) in [7, 11) is 0. The fourth-order valence-electron chi connectivity index (χ4n) is 2.37. The topological polar surface area (TPSA) is 43.3 Å². The molecule has 0 fully saturated rings. The van der Waals surface area contributed by atoms with Crippen molar-refractivity contribution < 1.29 is 0 Å². The van der Waals surface area contributed by atoms with Crippen molar-refractivity contribution in [2.24, 2.45) is 0 Å². The number of imidazole rings is 1. The standard InChI is InChI=1S/C16H16BrN3/c1-9-4-5-10(2)12(6-9)15-16(18)20-8-13(17)11(3)7-14(20)19-15/h4-8H,18H2,1-3H3. The van der Waals surface area contributed by atoms with Crippen LogP contribution in [0.5, 0.6) is 0 Å². The number of aryl methyl sites for hydroxylation is 3. The van der Waals surface area contributed by atoms with Crippen LogP contribution in [0.25, 0.3) is 16.9 Å². The number of pyridine rings is 1. The lowest BCUT2D eigenvalue weighted by molar-refractivity contribution is 1.16. The molecule has 2 aromatic heterocycles. The Morgan fingerprint density at radius 1 is 1.10 bits per heavy atom. The molecule has 2 heterocycles. The summed E-state index contributed by atoms with van der Waals surface area (Å²) < 4.78 is 2.95. The van der Waals surface area contributed by atoms with Crippen LogP contribution in [-0.2, 0) is 0 Å². The highest BCUT2D eigenvalue weighted by molar-refractivity contribution is 9.10. The second-order valence-corrected chi connectivity index (χ2v) is 6.05. The Morgan fingerprint density at radius 2 is 1.85 bits per heavy atom. The zero-order chi connectivity index (χ0) is 14.4. The second kappa shape index (κ2) is 4.63. The maximum Gasteiger partial charge on any atom is 0.139 e. The van der Waals surface area contributed by atoms with Gasteiger partial charge in [0, 0.05) is 16.2 Å². The van der Waals surface area contributed by atoms with Crippen molar-refractivity contribution >= 4 is 27.4 Å². The molecule has 1 aromatic carbocycles. The molecule has 0 spiro atoms. The van der Waals surface area contributed by atoms with Gasteiger partial charge in [0.1, 0.15) is 17.2 Å². The third kappa shape index (κ3) is 2.00. The molecule has 102 valence electrons. The second-order valence-electron chi connectivity index (χ2n) is 5.20. The maximum absolute atomic E-state index is 6.29. The van der Waals surface area contributed by atoms with Crippen molar-refractivity contribution in [3.63, 3.8) is 0 Å². The van der Waals surface area contributed by atoms with Crippen LogP contribution in [-0.4, -0.2) is 9.38 Å². The van der Waals surface area contributed by atoms with Crippen LogP contribution < -0.4 is 5.73 Å². The van der Waals surface area contributed by atoms with E-state index >= 15 is 0 Å². The highest BCUT2D eigenvalue weighted by Gasteiger charge is 2.14. The number of nitrogen functional groups attached to an aromatic ring is 1. The van der Waals surface area contributed by atoms with Crippen LogP contribution in [0.15, 0.2) is 34.9 Å². The lowest BCUT2D eigenvalue weighted by atomic mass is 10.0. The molecule has 3 aromatic rings. The van der Waals surface area contributed by atoms with Gasteiger partial charge < -0.3 is 5.73 Å². The summed E-state index contributed by atoms with van der Waals surface area (Å²) in [6, 6.07) is 8.38. The minimum Gasteiger partial charge on any atom is -0.383 e. The van der Waals surface area contributed by atoms with Crippen molar-refractivity contribution in [1.29, 1.82) is 0 Å². The summed E-state index contributed by atoms with van der Waals surface area (Å²) in [6.07, 6.45) is 1.97. The van der Waals surface area contributed by atoms with E-state index in [2.05, 4.69) is 48.0 Å². The first kappa shape index (κ1) is 13.2. The quantitative estimate of drug-likeness (QED) is 0.724. The van der Waals surface area contributed by atoms with Gasteiger partial charge in [-0.25, -0.2) is 4.98 Å². The van der Waals surface area contributed by atoms with Crippen LogP contribution in [0, 0.1) is 20.8 Å². The fraction of sp³-hybridized carbons (Fsp3) is 0.188. The predicted molar refractivity (Wildman–Crippen MR) is 87.0 cm³/mol. The van der Waals surface area contributed by atoms with Gasteiger partial charge in [-0.3, -0.25) is 4.40 Å². The largest absolute Gasteiger partial charge is 0.383 e. The van der Waals surface area contributed by atoms with Gasteiger partial charge in [-0.1, -0.05) is 17.7 Å². The average molecular weight is 330 g/mol. The van der Waals surface area contributed by atoms with Crippen molar-refractivity contribution in [3.05, 3.63) is 51.6 Å². The molecule has 0 atom stereocenters. The van der Waals surface area contributed by atoms with E-state index in [1.807, 2.05) is 23.6 Å². The van der Waals surface area contributed by atoms with E-state index in [1.54, 1.807) is 0 Å². The predicted octanol–water partition coefficient (Wildman–Crippen LogP) is 4.27. The molecule has 0 aliphatic carbocycles. The normalized spacial score (nSPS) is 11.2. The van der Waals surface area contributed by atoms with E-state index in [-0.39, 0.29) is 0 Å². The summed E-state index contributed by atoms with van der Waals surface area (Å²) in [5.41, 5.74) is 12.6. The smallest absolute Gasteiger partial charge is 0.139 e. The molecule has 0 radical (unpaired) electrons. The number of nitrogens with two attached hydrogens (primary N) is 1. The summed E-state index contributed by atoms with van der Waals surface area (Å²) in [6.45, 7) is 6.21. The van der Waals surface area contributed by atoms with Crippen molar-refractivity contribution in [3.8, 4) is 11.3 Å². The van der Waals surface area contributed by atoms with Gasteiger partial charge in [-0.2, -0.15) is 0 Å². The molecule has 2 N–H and O–H groups in total. The third-order valence-corrected chi connectivity index (χ3v) is 4.42. The Labute approximate surface area is 126 Å². The molecule has 3 nitrogen and oxygen atoms in total. The highest BCUT2D eigenvalue weighted by Crippen LogP contribution is 2.31. The van der Waals surface area contributed by atoms with Crippen molar-refractivity contribution in [2.45, 2.75) is 20.8 Å². The third-order valence-electron chi connectivity index (χ3n) is 3.59. The average Bonchev–Trinajstić information content (AvgIpc) is 2.70. The number of aromatic nitrogens is 2. The number of fused-ring (bicyclic) bond motifs is 1. The molecule has 0 saturated carbocycles. The molecule has 0 unspecified atom stereocenters. The van der Waals surface area contributed by atoms with Gasteiger partial charge in [0.15, 0.2) is 0 Å². The lowest BCUT2D eigenvalue weighted by Gasteiger charge is -2.05. The molecule has 0 amide bonds. The van der Waals surface area contributed by atoms with Gasteiger partial charge >= 0.3 is 0 Å². The Morgan fingerprint density at radius 3 is 2.60 bits per heavy atom. The number of rotatable bonds is 1. The van der Waals surface area contributed by atoms with Crippen LogP contribution in [0.1, 0.15) is 16.7 Å². The summed E-state index contributed by atoms with van der Waals surface area (Å²) in [4.78, 5) is 4.70. The fourth-order valence-corrected chi connectivity index (χ4v) is 2.69. The number of hydrogen-bond donors (Lipinski definition) is 1. The molecule has 0 bridgehead atoms. The first-order valence-corrected chi connectivity index (χ1v) is 7.28. The van der Waals surface area contributed by atoms with Gasteiger partial charge in [-0.05, 0) is 60.0 Å². The van der Waals surface area contributed by atoms with Crippen LogP contribution >= 0.6 is 15.9 Å². The van der Waals surface area contributed by atoms with Crippen LogP contribution in [0.3, 0.4) is 0 Å². The number of hydrogen-bond acceptors (Lipinski definition) is 2. The van der Waals surface area contributed by atoms with Crippen LogP contribution in [0.2, 0.25) is 0 Å². The molecular weight excluding hydrogens is 314 g/mol. The monoisotopic (exact) mass is 329 g/mol. The molecule has 3 rings (SSSR count). The molecule has 20 heavy (non-hydrogen) atoms. The van der Waals surface area contributed by atoms with E-state index in [0.717, 1.165) is 26.9 Å². The Hall–Kier alpha value is -1.81. The Kier molecular flexibility index (Phi) is 3.05. The zero-order valence-electron chi connectivity index (χ0n) is 11.7. The van der Waals surface area contributed by atoms with Crippen molar-refractivity contribution in [1.82, 2.24) is 9.38 Å². The maximum atomic E-state index is 6.29. The van der Waals surface area contributed by atoms with Gasteiger partial charge in [0.05, 0.1) is 0 Å². The summed E-state index contributed by atoms with van der Waals surface area (Å²) in [5, 5.41) is 0. The minimum absolute atomic E-state index is 0.675. The molecule has 0 aliphatic heterocycles.